The Labute approximate surface area is 158 Å². The number of rotatable bonds is 2. The highest BCUT2D eigenvalue weighted by Gasteiger charge is 2.28. The van der Waals surface area contributed by atoms with Crippen LogP contribution in [0.5, 0.6) is 0 Å². The Bertz CT molecular complexity index is 885. The summed E-state index contributed by atoms with van der Waals surface area (Å²) in [6.45, 7) is 4.47. The molecule has 2 aromatic carbocycles. The molecule has 2 nitrogen and oxygen atoms in total. The van der Waals surface area contributed by atoms with E-state index < -0.39 is 0 Å². The molecule has 2 heterocycles. The summed E-state index contributed by atoms with van der Waals surface area (Å²) in [5.74, 6) is 0. The van der Waals surface area contributed by atoms with Crippen molar-refractivity contribution >= 4 is 34.9 Å². The van der Waals surface area contributed by atoms with Crippen molar-refractivity contribution in [3.05, 3.63) is 70.8 Å². The fourth-order valence-corrected chi connectivity index (χ4v) is 5.87. The van der Waals surface area contributed by atoms with Gasteiger partial charge in [-0.25, -0.2) is 0 Å². The maximum atomic E-state index is 2.38. The van der Waals surface area contributed by atoms with Crippen LogP contribution >= 0.6 is 23.5 Å². The van der Waals surface area contributed by atoms with E-state index in [1.165, 1.54) is 37.3 Å². The molecular formula is C21H22N2S2. The van der Waals surface area contributed by atoms with Crippen LogP contribution in [0.15, 0.2) is 80.6 Å². The van der Waals surface area contributed by atoms with Crippen LogP contribution < -0.4 is 9.80 Å². The number of thioether (sulfide) groups is 2. The van der Waals surface area contributed by atoms with Crippen LogP contribution in [0, 0.1) is 0 Å². The van der Waals surface area contributed by atoms with Crippen LogP contribution in [0.4, 0.5) is 11.4 Å². The Morgan fingerprint density at radius 1 is 0.920 bits per heavy atom. The lowest BCUT2D eigenvalue weighted by Crippen LogP contribution is -2.25. The maximum absolute atomic E-state index is 2.38. The number of anilines is 2. The molecule has 1 atom stereocenters. The highest BCUT2D eigenvalue weighted by Crippen LogP contribution is 2.47. The lowest BCUT2D eigenvalue weighted by molar-refractivity contribution is 0.938. The molecule has 2 aromatic rings. The van der Waals surface area contributed by atoms with Gasteiger partial charge in [0.2, 0.25) is 0 Å². The van der Waals surface area contributed by atoms with Gasteiger partial charge in [-0.2, -0.15) is 0 Å². The SMILES string of the molecule is C/C(=C\C(C)=C1\Sc2ccccc2N1C)C1Sc2ccccc2N1C. The van der Waals surface area contributed by atoms with Gasteiger partial charge in [-0.1, -0.05) is 53.9 Å². The molecule has 0 bridgehead atoms. The minimum absolute atomic E-state index is 0.368. The fourth-order valence-electron chi connectivity index (χ4n) is 3.49. The van der Waals surface area contributed by atoms with Gasteiger partial charge in [-0.05, 0) is 49.3 Å². The summed E-state index contributed by atoms with van der Waals surface area (Å²) in [5.41, 5.74) is 5.34. The van der Waals surface area contributed by atoms with Gasteiger partial charge in [0.15, 0.2) is 0 Å². The summed E-state index contributed by atoms with van der Waals surface area (Å²) >= 11 is 3.81. The van der Waals surface area contributed by atoms with Crippen LogP contribution in [0.1, 0.15) is 13.8 Å². The van der Waals surface area contributed by atoms with E-state index in [9.17, 15) is 0 Å². The van der Waals surface area contributed by atoms with E-state index in [-0.39, 0.29) is 0 Å². The van der Waals surface area contributed by atoms with Gasteiger partial charge in [0.05, 0.1) is 16.4 Å². The van der Waals surface area contributed by atoms with Crippen molar-refractivity contribution in [1.29, 1.82) is 0 Å². The topological polar surface area (TPSA) is 6.48 Å². The van der Waals surface area contributed by atoms with Gasteiger partial charge in [-0.3, -0.25) is 0 Å². The first-order chi connectivity index (χ1) is 12.1. The van der Waals surface area contributed by atoms with E-state index in [4.69, 9.17) is 0 Å². The van der Waals surface area contributed by atoms with E-state index in [2.05, 4.69) is 92.3 Å². The lowest BCUT2D eigenvalue weighted by atomic mass is 10.1. The van der Waals surface area contributed by atoms with Crippen LogP contribution in [-0.4, -0.2) is 19.5 Å². The van der Waals surface area contributed by atoms with Gasteiger partial charge >= 0.3 is 0 Å². The van der Waals surface area contributed by atoms with Crippen molar-refractivity contribution in [2.24, 2.45) is 0 Å². The first-order valence-electron chi connectivity index (χ1n) is 8.44. The Kier molecular flexibility index (Phi) is 4.34. The highest BCUT2D eigenvalue weighted by atomic mass is 32.2. The highest BCUT2D eigenvalue weighted by molar-refractivity contribution is 8.03. The Hall–Kier alpha value is -1.78. The summed E-state index contributed by atoms with van der Waals surface area (Å²) in [6, 6.07) is 17.3. The zero-order valence-electron chi connectivity index (χ0n) is 15.0. The number of benzene rings is 2. The van der Waals surface area contributed by atoms with Crippen molar-refractivity contribution in [2.75, 3.05) is 23.9 Å². The molecule has 2 aliphatic heterocycles. The Balaban J connectivity index is 1.61. The van der Waals surface area contributed by atoms with Crippen LogP contribution in [0.2, 0.25) is 0 Å². The van der Waals surface area contributed by atoms with Crippen molar-refractivity contribution in [2.45, 2.75) is 29.0 Å². The summed E-state index contributed by atoms with van der Waals surface area (Å²) in [6.07, 6.45) is 2.35. The zero-order valence-corrected chi connectivity index (χ0v) is 16.6. The second-order valence-electron chi connectivity index (χ2n) is 6.55. The number of hydrogen-bond acceptors (Lipinski definition) is 4. The van der Waals surface area contributed by atoms with E-state index >= 15 is 0 Å². The quantitative estimate of drug-likeness (QED) is 0.645. The predicted molar refractivity (Wildman–Crippen MR) is 112 cm³/mol. The van der Waals surface area contributed by atoms with E-state index in [0.717, 1.165) is 0 Å². The van der Waals surface area contributed by atoms with Crippen molar-refractivity contribution in [3.63, 3.8) is 0 Å². The molecule has 0 aromatic heterocycles. The average Bonchev–Trinajstić information content (AvgIpc) is 3.14. The van der Waals surface area contributed by atoms with Crippen LogP contribution in [-0.2, 0) is 0 Å². The molecule has 1 unspecified atom stereocenters. The zero-order chi connectivity index (χ0) is 17.6. The molecule has 25 heavy (non-hydrogen) atoms. The first kappa shape index (κ1) is 16.7. The second-order valence-corrected chi connectivity index (χ2v) is 8.71. The van der Waals surface area contributed by atoms with Gasteiger partial charge in [0.25, 0.3) is 0 Å². The molecule has 0 aliphatic carbocycles. The average molecular weight is 367 g/mol. The number of nitrogens with zero attached hydrogens (tertiary/aromatic N) is 2. The molecule has 128 valence electrons. The third-order valence-corrected chi connectivity index (χ3v) is 7.61. The van der Waals surface area contributed by atoms with Gasteiger partial charge in [0, 0.05) is 23.9 Å². The van der Waals surface area contributed by atoms with Gasteiger partial charge in [-0.15, -0.1) is 0 Å². The Morgan fingerprint density at radius 2 is 1.56 bits per heavy atom. The van der Waals surface area contributed by atoms with Crippen LogP contribution in [0.25, 0.3) is 0 Å². The molecule has 0 saturated heterocycles. The molecule has 0 spiro atoms. The first-order valence-corrected chi connectivity index (χ1v) is 10.1. The molecular weight excluding hydrogens is 344 g/mol. The predicted octanol–water partition coefficient (Wildman–Crippen LogP) is 5.97. The van der Waals surface area contributed by atoms with Gasteiger partial charge in [0.1, 0.15) is 5.37 Å². The maximum Gasteiger partial charge on any atom is 0.101 e. The molecule has 2 aliphatic rings. The minimum Gasteiger partial charge on any atom is -0.358 e. The number of para-hydroxylation sites is 2. The Morgan fingerprint density at radius 3 is 2.24 bits per heavy atom. The standard InChI is InChI=1S/C21H22N2S2/c1-14(20-22(3)16-9-5-7-11-18(16)24-20)13-15(2)21-23(4)17-10-6-8-12-19(17)25-21/h5-13,20H,1-4H3/b14-13+,21-15+. The largest absolute Gasteiger partial charge is 0.358 e. The van der Waals surface area contributed by atoms with Crippen molar-refractivity contribution < 1.29 is 0 Å². The van der Waals surface area contributed by atoms with E-state index in [0.29, 0.717) is 5.37 Å². The molecule has 0 amide bonds. The van der Waals surface area contributed by atoms with Crippen molar-refractivity contribution in [1.82, 2.24) is 0 Å². The minimum atomic E-state index is 0.368. The molecule has 0 fully saturated rings. The normalized spacial score (nSPS) is 21.4. The molecule has 4 rings (SSSR count). The van der Waals surface area contributed by atoms with Crippen molar-refractivity contribution in [3.8, 4) is 0 Å². The number of allylic oxidation sites excluding steroid dienone is 2. The van der Waals surface area contributed by atoms with E-state index in [1.807, 2.05) is 23.5 Å². The monoisotopic (exact) mass is 366 g/mol. The second kappa shape index (κ2) is 6.50. The van der Waals surface area contributed by atoms with Gasteiger partial charge < -0.3 is 9.80 Å². The number of hydrogen-bond donors (Lipinski definition) is 0. The lowest BCUT2D eigenvalue weighted by Gasteiger charge is -2.23. The third kappa shape index (κ3) is 2.87. The third-order valence-electron chi connectivity index (χ3n) is 4.74. The summed E-state index contributed by atoms with van der Waals surface area (Å²) in [5, 5.41) is 1.69. The summed E-state index contributed by atoms with van der Waals surface area (Å²) in [4.78, 5) is 7.39. The smallest absolute Gasteiger partial charge is 0.101 e. The number of likely N-dealkylation sites (N-methyl/N-ethyl adjacent to an activating group) is 1. The fraction of sp³-hybridized carbons (Fsp3) is 0.238. The summed E-state index contributed by atoms with van der Waals surface area (Å²) in [7, 11) is 4.35. The van der Waals surface area contributed by atoms with E-state index in [1.54, 1.807) is 0 Å². The molecule has 0 N–H and O–H groups in total. The molecule has 0 saturated carbocycles. The van der Waals surface area contributed by atoms with Crippen LogP contribution in [0.3, 0.4) is 0 Å². The molecule has 4 heteroatoms. The molecule has 0 radical (unpaired) electrons. The summed E-state index contributed by atoms with van der Waals surface area (Å²) < 4.78 is 0. The number of fused-ring (bicyclic) bond motifs is 2.